The maximum atomic E-state index is 14.4. The van der Waals surface area contributed by atoms with Crippen molar-refractivity contribution >= 4 is 22.9 Å². The summed E-state index contributed by atoms with van der Waals surface area (Å²) in [6.45, 7) is 1.71. The summed E-state index contributed by atoms with van der Waals surface area (Å²) in [4.78, 5) is 29.2. The van der Waals surface area contributed by atoms with Crippen molar-refractivity contribution in [2.24, 2.45) is 0 Å². The van der Waals surface area contributed by atoms with Crippen LogP contribution in [0.3, 0.4) is 0 Å². The van der Waals surface area contributed by atoms with Gasteiger partial charge in [-0.15, -0.1) is 0 Å². The molecule has 0 saturated carbocycles. The fourth-order valence-electron chi connectivity index (χ4n) is 2.67. The average molecular weight is 371 g/mol. The van der Waals surface area contributed by atoms with E-state index in [-0.39, 0.29) is 17.8 Å². The number of aromatic nitrogens is 1. The van der Waals surface area contributed by atoms with Gasteiger partial charge < -0.3 is 19.8 Å². The van der Waals surface area contributed by atoms with Crippen molar-refractivity contribution in [2.45, 2.75) is 13.3 Å². The summed E-state index contributed by atoms with van der Waals surface area (Å²) in [5, 5.41) is 0.425. The summed E-state index contributed by atoms with van der Waals surface area (Å²) in [6, 6.07) is 5.79. The normalized spacial score (nSPS) is 10.8. The SMILES string of the molecule is Cc1c(Cc2ccnc(N)c2)c(=O)oc2cc(OC(=O)N(C)C)c(F)cc12. The molecule has 1 amide bonds. The number of ether oxygens (including phenoxy) is 1. The van der Waals surface area contributed by atoms with E-state index in [4.69, 9.17) is 14.9 Å². The molecule has 0 aliphatic carbocycles. The molecule has 3 rings (SSSR count). The van der Waals surface area contributed by atoms with Crippen LogP contribution < -0.4 is 16.1 Å². The Hall–Kier alpha value is -3.42. The first-order valence-corrected chi connectivity index (χ1v) is 8.11. The van der Waals surface area contributed by atoms with Crippen molar-refractivity contribution in [1.82, 2.24) is 9.88 Å². The number of halogens is 1. The van der Waals surface area contributed by atoms with Gasteiger partial charge in [-0.05, 0) is 36.2 Å². The molecule has 2 aromatic heterocycles. The minimum Gasteiger partial charge on any atom is -0.422 e. The van der Waals surface area contributed by atoms with Crippen molar-refractivity contribution in [1.29, 1.82) is 0 Å². The predicted octanol–water partition coefficient (Wildman–Crippen LogP) is 2.87. The molecule has 0 aliphatic heterocycles. The molecule has 0 unspecified atom stereocenters. The van der Waals surface area contributed by atoms with Crippen LogP contribution in [0.2, 0.25) is 0 Å². The molecule has 8 heteroatoms. The van der Waals surface area contributed by atoms with Crippen LogP contribution in [-0.4, -0.2) is 30.1 Å². The summed E-state index contributed by atoms with van der Waals surface area (Å²) in [5.41, 5.74) is 7.02. The first-order chi connectivity index (χ1) is 12.8. The molecule has 2 N–H and O–H groups in total. The van der Waals surface area contributed by atoms with Crippen LogP contribution in [-0.2, 0) is 6.42 Å². The lowest BCUT2D eigenvalue weighted by molar-refractivity contribution is 0.170. The second kappa shape index (κ2) is 7.06. The smallest absolute Gasteiger partial charge is 0.414 e. The lowest BCUT2D eigenvalue weighted by Gasteiger charge is -2.13. The molecule has 140 valence electrons. The highest BCUT2D eigenvalue weighted by Crippen LogP contribution is 2.28. The van der Waals surface area contributed by atoms with E-state index in [0.29, 0.717) is 22.3 Å². The fourth-order valence-corrected chi connectivity index (χ4v) is 2.67. The second-order valence-corrected chi connectivity index (χ2v) is 6.30. The van der Waals surface area contributed by atoms with E-state index in [0.717, 1.165) is 10.5 Å². The molecule has 0 saturated heterocycles. The molecule has 0 fully saturated rings. The molecule has 3 aromatic rings. The monoisotopic (exact) mass is 371 g/mol. The Bertz CT molecular complexity index is 1090. The van der Waals surface area contributed by atoms with Crippen molar-refractivity contribution in [3.8, 4) is 5.75 Å². The molecule has 2 heterocycles. The van der Waals surface area contributed by atoms with E-state index in [1.54, 1.807) is 25.3 Å². The minimum absolute atomic E-state index is 0.137. The van der Waals surface area contributed by atoms with E-state index >= 15 is 0 Å². The molecular weight excluding hydrogens is 353 g/mol. The summed E-state index contributed by atoms with van der Waals surface area (Å²) in [7, 11) is 2.95. The third kappa shape index (κ3) is 3.74. The number of carbonyl (C=O) groups is 1. The number of hydrogen-bond acceptors (Lipinski definition) is 6. The highest BCUT2D eigenvalue weighted by Gasteiger charge is 2.18. The Labute approximate surface area is 154 Å². The fraction of sp³-hybridized carbons (Fsp3) is 0.211. The van der Waals surface area contributed by atoms with Crippen LogP contribution in [0, 0.1) is 12.7 Å². The van der Waals surface area contributed by atoms with E-state index in [1.165, 1.54) is 26.2 Å². The molecular formula is C19H18FN3O4. The van der Waals surface area contributed by atoms with Gasteiger partial charge in [0.1, 0.15) is 11.4 Å². The van der Waals surface area contributed by atoms with Gasteiger partial charge in [0.15, 0.2) is 11.6 Å². The zero-order chi connectivity index (χ0) is 19.7. The molecule has 7 nitrogen and oxygen atoms in total. The largest absolute Gasteiger partial charge is 0.422 e. The summed E-state index contributed by atoms with van der Waals surface area (Å²) in [6.07, 6.45) is 1.09. The number of carbonyl (C=O) groups excluding carboxylic acids is 1. The maximum Gasteiger partial charge on any atom is 0.414 e. The number of fused-ring (bicyclic) bond motifs is 1. The Morgan fingerprint density at radius 3 is 2.74 bits per heavy atom. The lowest BCUT2D eigenvalue weighted by atomic mass is 10.00. The van der Waals surface area contributed by atoms with Gasteiger partial charge in [0.2, 0.25) is 0 Å². The zero-order valence-corrected chi connectivity index (χ0v) is 15.1. The predicted molar refractivity (Wildman–Crippen MR) is 98.3 cm³/mol. The number of amides is 1. The number of anilines is 1. The van der Waals surface area contributed by atoms with E-state index < -0.39 is 17.5 Å². The van der Waals surface area contributed by atoms with E-state index in [1.807, 2.05) is 0 Å². The van der Waals surface area contributed by atoms with Crippen LogP contribution in [0.25, 0.3) is 11.0 Å². The van der Waals surface area contributed by atoms with Crippen LogP contribution in [0.5, 0.6) is 5.75 Å². The van der Waals surface area contributed by atoms with Crippen molar-refractivity contribution in [3.63, 3.8) is 0 Å². The molecule has 1 aromatic carbocycles. The zero-order valence-electron chi connectivity index (χ0n) is 15.1. The number of benzene rings is 1. The molecule has 0 spiro atoms. The molecule has 0 bridgehead atoms. The third-order valence-corrected chi connectivity index (χ3v) is 4.13. The molecule has 27 heavy (non-hydrogen) atoms. The Morgan fingerprint density at radius 2 is 2.07 bits per heavy atom. The van der Waals surface area contributed by atoms with Crippen LogP contribution in [0.1, 0.15) is 16.7 Å². The van der Waals surface area contributed by atoms with Gasteiger partial charge in [0.05, 0.1) is 0 Å². The van der Waals surface area contributed by atoms with Gasteiger partial charge in [-0.2, -0.15) is 0 Å². The standard InChI is InChI=1S/C19H18FN3O4/c1-10-12-8-14(20)16(27-19(25)23(2)3)9-15(12)26-18(24)13(10)6-11-4-5-22-17(21)7-11/h4-5,7-9H,6H2,1-3H3,(H2,21,22). The van der Waals surface area contributed by atoms with Crippen molar-refractivity contribution < 1.29 is 18.3 Å². The van der Waals surface area contributed by atoms with Crippen molar-refractivity contribution in [3.05, 3.63) is 63.4 Å². The number of pyridine rings is 1. The Balaban J connectivity index is 2.06. The average Bonchev–Trinajstić information content (AvgIpc) is 2.60. The summed E-state index contributed by atoms with van der Waals surface area (Å²) in [5.74, 6) is -0.694. The molecule has 0 aliphatic rings. The van der Waals surface area contributed by atoms with Gasteiger partial charge in [-0.3, -0.25) is 0 Å². The third-order valence-electron chi connectivity index (χ3n) is 4.13. The lowest BCUT2D eigenvalue weighted by Crippen LogP contribution is -2.25. The Kier molecular flexibility index (Phi) is 4.81. The topological polar surface area (TPSA) is 98.7 Å². The first-order valence-electron chi connectivity index (χ1n) is 8.11. The molecule has 0 atom stereocenters. The van der Waals surface area contributed by atoms with Crippen LogP contribution in [0.15, 0.2) is 39.7 Å². The minimum atomic E-state index is -0.737. The number of nitrogens with two attached hydrogens (primary N) is 1. The number of nitrogen functional groups attached to an aromatic ring is 1. The Morgan fingerprint density at radius 1 is 1.33 bits per heavy atom. The molecule has 0 radical (unpaired) electrons. The first kappa shape index (κ1) is 18.4. The summed E-state index contributed by atoms with van der Waals surface area (Å²) >= 11 is 0. The highest BCUT2D eigenvalue weighted by molar-refractivity contribution is 5.83. The number of rotatable bonds is 3. The number of nitrogens with zero attached hydrogens (tertiary/aromatic N) is 2. The van der Waals surface area contributed by atoms with Gasteiger partial charge in [-0.1, -0.05) is 0 Å². The van der Waals surface area contributed by atoms with Crippen molar-refractivity contribution in [2.75, 3.05) is 19.8 Å². The highest BCUT2D eigenvalue weighted by atomic mass is 19.1. The number of hydrogen-bond donors (Lipinski definition) is 1. The van der Waals surface area contributed by atoms with E-state index in [9.17, 15) is 14.0 Å². The van der Waals surface area contributed by atoms with Gasteiger partial charge in [0.25, 0.3) is 0 Å². The van der Waals surface area contributed by atoms with Gasteiger partial charge in [0, 0.05) is 43.7 Å². The van der Waals surface area contributed by atoms with E-state index in [2.05, 4.69) is 4.98 Å². The summed E-state index contributed by atoms with van der Waals surface area (Å²) < 4.78 is 24.7. The second-order valence-electron chi connectivity index (χ2n) is 6.30. The van der Waals surface area contributed by atoms with Crippen LogP contribution in [0.4, 0.5) is 15.0 Å². The van der Waals surface area contributed by atoms with Gasteiger partial charge in [-0.25, -0.2) is 19.0 Å². The maximum absolute atomic E-state index is 14.4. The van der Waals surface area contributed by atoms with Gasteiger partial charge >= 0.3 is 11.7 Å². The van der Waals surface area contributed by atoms with Crippen LogP contribution >= 0.6 is 0 Å². The number of aryl methyl sites for hydroxylation is 1. The quantitative estimate of drug-likeness (QED) is 0.711.